The van der Waals surface area contributed by atoms with E-state index in [1.807, 2.05) is 36.3 Å². The predicted octanol–water partition coefficient (Wildman–Crippen LogP) is 3.17. The number of rotatable bonds is 7. The second-order valence-electron chi connectivity index (χ2n) is 8.58. The lowest BCUT2D eigenvalue weighted by atomic mass is 10.0. The third-order valence-electron chi connectivity index (χ3n) is 6.42. The summed E-state index contributed by atoms with van der Waals surface area (Å²) >= 11 is 1.45. The molecule has 4 N–H and O–H groups in total. The van der Waals surface area contributed by atoms with Crippen LogP contribution in [0, 0.1) is 5.92 Å². The summed E-state index contributed by atoms with van der Waals surface area (Å²) in [6.45, 7) is 5.06. The molecule has 1 saturated carbocycles. The molecule has 1 aliphatic heterocycles. The SMILES string of the molecule is CCNC(=O)c1c(N)nn2ccc(-c3cc4c(c(NSC)c3)C(=O)N(C(C)C3CC3)C4)nc12. The lowest BCUT2D eigenvalue weighted by Crippen LogP contribution is -2.34. The van der Waals surface area contributed by atoms with Crippen LogP contribution in [0.15, 0.2) is 24.4 Å². The minimum absolute atomic E-state index is 0.0815. The van der Waals surface area contributed by atoms with Gasteiger partial charge in [-0.2, -0.15) is 0 Å². The molecule has 1 atom stereocenters. The molecule has 3 aromatic rings. The zero-order valence-corrected chi connectivity index (χ0v) is 19.7. The van der Waals surface area contributed by atoms with Gasteiger partial charge in [-0.3, -0.25) is 9.59 Å². The van der Waals surface area contributed by atoms with Crippen molar-refractivity contribution in [3.05, 3.63) is 41.1 Å². The molecule has 172 valence electrons. The summed E-state index contributed by atoms with van der Waals surface area (Å²) in [4.78, 5) is 32.5. The van der Waals surface area contributed by atoms with Crippen molar-refractivity contribution in [2.24, 2.45) is 5.92 Å². The van der Waals surface area contributed by atoms with E-state index in [1.54, 1.807) is 6.20 Å². The van der Waals surface area contributed by atoms with Crippen LogP contribution in [0.25, 0.3) is 16.9 Å². The van der Waals surface area contributed by atoms with E-state index in [9.17, 15) is 9.59 Å². The van der Waals surface area contributed by atoms with Crippen molar-refractivity contribution in [2.45, 2.75) is 39.3 Å². The van der Waals surface area contributed by atoms with E-state index in [0.29, 0.717) is 30.3 Å². The molecule has 33 heavy (non-hydrogen) atoms. The van der Waals surface area contributed by atoms with Crippen LogP contribution >= 0.6 is 11.9 Å². The van der Waals surface area contributed by atoms with Gasteiger partial charge in [0, 0.05) is 37.1 Å². The second-order valence-corrected chi connectivity index (χ2v) is 9.19. The Kier molecular flexibility index (Phi) is 5.40. The molecule has 1 fully saturated rings. The molecule has 1 aliphatic carbocycles. The number of nitrogens with one attached hydrogen (secondary N) is 2. The Morgan fingerprint density at radius 2 is 2.15 bits per heavy atom. The van der Waals surface area contributed by atoms with Gasteiger partial charge in [0.25, 0.3) is 11.8 Å². The van der Waals surface area contributed by atoms with E-state index in [0.717, 1.165) is 22.4 Å². The van der Waals surface area contributed by atoms with E-state index in [1.165, 1.54) is 29.3 Å². The zero-order chi connectivity index (χ0) is 23.3. The molecule has 10 heteroatoms. The second kappa shape index (κ2) is 8.26. The van der Waals surface area contributed by atoms with Crippen LogP contribution in [0.1, 0.15) is 53.0 Å². The zero-order valence-electron chi connectivity index (χ0n) is 18.9. The maximum atomic E-state index is 13.3. The molecule has 0 radical (unpaired) electrons. The fourth-order valence-electron chi connectivity index (χ4n) is 4.55. The average molecular weight is 466 g/mol. The molecule has 1 aromatic carbocycles. The maximum absolute atomic E-state index is 13.3. The number of benzene rings is 1. The van der Waals surface area contributed by atoms with Crippen molar-refractivity contribution in [1.29, 1.82) is 0 Å². The number of hydrogen-bond donors (Lipinski definition) is 3. The summed E-state index contributed by atoms with van der Waals surface area (Å²) in [5.74, 6) is 0.519. The van der Waals surface area contributed by atoms with E-state index in [-0.39, 0.29) is 29.2 Å². The minimum Gasteiger partial charge on any atom is -0.381 e. The van der Waals surface area contributed by atoms with Crippen LogP contribution in [-0.2, 0) is 6.54 Å². The summed E-state index contributed by atoms with van der Waals surface area (Å²) in [6, 6.07) is 6.05. The number of hydrogen-bond acceptors (Lipinski definition) is 7. The number of nitrogens with two attached hydrogens (primary N) is 1. The van der Waals surface area contributed by atoms with Gasteiger partial charge in [-0.25, -0.2) is 9.50 Å². The van der Waals surface area contributed by atoms with E-state index in [4.69, 9.17) is 10.7 Å². The van der Waals surface area contributed by atoms with Gasteiger partial charge >= 0.3 is 0 Å². The van der Waals surface area contributed by atoms with E-state index >= 15 is 0 Å². The van der Waals surface area contributed by atoms with Gasteiger partial charge in [-0.05, 0) is 56.4 Å². The molecule has 0 bridgehead atoms. The predicted molar refractivity (Wildman–Crippen MR) is 130 cm³/mol. The third kappa shape index (κ3) is 3.68. The number of nitrogen functional groups attached to an aromatic ring is 1. The summed E-state index contributed by atoms with van der Waals surface area (Å²) in [5, 5.41) is 6.99. The Bertz CT molecular complexity index is 1270. The number of amides is 2. The van der Waals surface area contributed by atoms with Crippen LogP contribution < -0.4 is 15.8 Å². The number of fused-ring (bicyclic) bond motifs is 2. The van der Waals surface area contributed by atoms with Crippen molar-refractivity contribution in [3.8, 4) is 11.3 Å². The Hall–Kier alpha value is -3.27. The van der Waals surface area contributed by atoms with Crippen molar-refractivity contribution < 1.29 is 9.59 Å². The van der Waals surface area contributed by atoms with Crippen molar-refractivity contribution in [3.63, 3.8) is 0 Å². The molecule has 9 nitrogen and oxygen atoms in total. The Balaban J connectivity index is 1.58. The van der Waals surface area contributed by atoms with Gasteiger partial charge in [0.15, 0.2) is 11.5 Å². The van der Waals surface area contributed by atoms with Gasteiger partial charge in [0.1, 0.15) is 5.56 Å². The van der Waals surface area contributed by atoms with Crippen LogP contribution in [0.4, 0.5) is 11.5 Å². The van der Waals surface area contributed by atoms with Gasteiger partial charge in [-0.15, -0.1) is 5.10 Å². The molecule has 0 spiro atoms. The van der Waals surface area contributed by atoms with E-state index < -0.39 is 0 Å². The fourth-order valence-corrected chi connectivity index (χ4v) is 4.93. The van der Waals surface area contributed by atoms with Crippen molar-refractivity contribution in [1.82, 2.24) is 24.8 Å². The standard InChI is InChI=1S/C23H27N7O2S/c1-4-25-22(31)19-20(24)27-30-8-7-16(26-21(19)30)14-9-15-11-29(12(2)13-5-6-13)23(32)18(15)17(10-14)28-33-3/h7-10,12-13,28H,4-6,11H2,1-3H3,(H2,24,27)(H,25,31). The lowest BCUT2D eigenvalue weighted by Gasteiger charge is -2.24. The molecule has 0 saturated heterocycles. The van der Waals surface area contributed by atoms with Gasteiger partial charge in [0.2, 0.25) is 0 Å². The molecule has 5 rings (SSSR count). The fraction of sp³-hybridized carbons (Fsp3) is 0.391. The summed E-state index contributed by atoms with van der Waals surface area (Å²) in [5.41, 5.74) is 10.7. The number of aromatic nitrogens is 3. The van der Waals surface area contributed by atoms with Crippen LogP contribution in [0.5, 0.6) is 0 Å². The molecular formula is C23H27N7O2S. The number of anilines is 2. The maximum Gasteiger partial charge on any atom is 0.258 e. The topological polar surface area (TPSA) is 118 Å². The van der Waals surface area contributed by atoms with Gasteiger partial charge in [0.05, 0.1) is 16.9 Å². The van der Waals surface area contributed by atoms with Crippen molar-refractivity contribution in [2.75, 3.05) is 23.3 Å². The Morgan fingerprint density at radius 3 is 2.85 bits per heavy atom. The number of carbonyl (C=O) groups is 2. The molecule has 2 aliphatic rings. The first-order chi connectivity index (χ1) is 15.9. The normalized spacial score (nSPS) is 16.2. The van der Waals surface area contributed by atoms with Gasteiger partial charge in [-0.1, -0.05) is 11.9 Å². The number of carbonyl (C=O) groups excluding carboxylic acids is 2. The Morgan fingerprint density at radius 1 is 1.36 bits per heavy atom. The first kappa shape index (κ1) is 21.6. The summed E-state index contributed by atoms with van der Waals surface area (Å²) in [7, 11) is 0. The molecule has 3 heterocycles. The quantitative estimate of drug-likeness (QED) is 0.459. The molecule has 2 amide bonds. The highest BCUT2D eigenvalue weighted by atomic mass is 32.2. The first-order valence-corrected chi connectivity index (χ1v) is 12.4. The highest BCUT2D eigenvalue weighted by molar-refractivity contribution is 7.99. The average Bonchev–Trinajstić information content (AvgIpc) is 3.51. The number of nitrogens with zero attached hydrogens (tertiary/aromatic N) is 4. The molecule has 1 unspecified atom stereocenters. The van der Waals surface area contributed by atoms with Gasteiger partial charge < -0.3 is 20.7 Å². The van der Waals surface area contributed by atoms with E-state index in [2.05, 4.69) is 22.1 Å². The van der Waals surface area contributed by atoms with Crippen LogP contribution in [0.3, 0.4) is 0 Å². The lowest BCUT2D eigenvalue weighted by molar-refractivity contribution is 0.0698. The van der Waals surface area contributed by atoms with Crippen LogP contribution in [-0.4, -0.2) is 50.2 Å². The van der Waals surface area contributed by atoms with Crippen LogP contribution in [0.2, 0.25) is 0 Å². The first-order valence-electron chi connectivity index (χ1n) is 11.1. The van der Waals surface area contributed by atoms with Crippen molar-refractivity contribution >= 4 is 40.9 Å². The minimum atomic E-state index is -0.302. The monoisotopic (exact) mass is 465 g/mol. The molecular weight excluding hydrogens is 438 g/mol. The Labute approximate surface area is 196 Å². The highest BCUT2D eigenvalue weighted by Crippen LogP contribution is 2.41. The smallest absolute Gasteiger partial charge is 0.258 e. The largest absolute Gasteiger partial charge is 0.381 e. The molecule has 2 aromatic heterocycles. The third-order valence-corrected chi connectivity index (χ3v) is 6.84. The highest BCUT2D eigenvalue weighted by Gasteiger charge is 2.39. The summed E-state index contributed by atoms with van der Waals surface area (Å²) in [6.07, 6.45) is 6.06. The summed E-state index contributed by atoms with van der Waals surface area (Å²) < 4.78 is 4.79.